The number of nitrogens with zero attached hydrogens (tertiary/aromatic N) is 1. The number of ether oxygens (including phenoxy) is 1. The molecule has 0 aliphatic carbocycles. The highest BCUT2D eigenvalue weighted by Gasteiger charge is 2.21. The third-order valence-electron chi connectivity index (χ3n) is 1.70. The Bertz CT molecular complexity index is 221. The zero-order valence-corrected chi connectivity index (χ0v) is 9.04. The monoisotopic (exact) mass is 198 g/mol. The zero-order chi connectivity index (χ0) is 10.6. The molecule has 14 heavy (non-hydrogen) atoms. The van der Waals surface area contributed by atoms with Gasteiger partial charge in [-0.1, -0.05) is 12.2 Å². The molecular formula is C10H18N2O2. The zero-order valence-electron chi connectivity index (χ0n) is 9.04. The van der Waals surface area contributed by atoms with E-state index in [0.717, 1.165) is 6.42 Å². The molecule has 1 heterocycles. The van der Waals surface area contributed by atoms with E-state index in [1.165, 1.54) is 5.01 Å². The van der Waals surface area contributed by atoms with Crippen LogP contribution >= 0.6 is 0 Å². The highest BCUT2D eigenvalue weighted by Crippen LogP contribution is 2.09. The lowest BCUT2D eigenvalue weighted by molar-refractivity contribution is 0.0156. The van der Waals surface area contributed by atoms with Crippen LogP contribution in [-0.4, -0.2) is 29.8 Å². The molecule has 0 bridgehead atoms. The smallest absolute Gasteiger partial charge is 0.424 e. The van der Waals surface area contributed by atoms with Gasteiger partial charge in [0, 0.05) is 13.1 Å². The summed E-state index contributed by atoms with van der Waals surface area (Å²) in [5.74, 6) is 0. The lowest BCUT2D eigenvalue weighted by Crippen LogP contribution is -2.45. The highest BCUT2D eigenvalue weighted by atomic mass is 16.6. The fourth-order valence-electron chi connectivity index (χ4n) is 1.12. The van der Waals surface area contributed by atoms with Crippen molar-refractivity contribution in [3.8, 4) is 0 Å². The molecule has 80 valence electrons. The van der Waals surface area contributed by atoms with Crippen LogP contribution in [-0.2, 0) is 4.74 Å². The molecular weight excluding hydrogens is 180 g/mol. The summed E-state index contributed by atoms with van der Waals surface area (Å²) >= 11 is 0. The second kappa shape index (κ2) is 4.46. The van der Waals surface area contributed by atoms with Crippen molar-refractivity contribution in [3.63, 3.8) is 0 Å². The van der Waals surface area contributed by atoms with Crippen molar-refractivity contribution in [2.24, 2.45) is 0 Å². The molecule has 0 aromatic rings. The second-order valence-electron chi connectivity index (χ2n) is 4.25. The van der Waals surface area contributed by atoms with Gasteiger partial charge in [0.25, 0.3) is 0 Å². The molecule has 0 saturated carbocycles. The molecule has 1 aliphatic rings. The summed E-state index contributed by atoms with van der Waals surface area (Å²) in [6.07, 6.45) is 4.62. The van der Waals surface area contributed by atoms with Gasteiger partial charge in [-0.05, 0) is 27.2 Å². The number of rotatable bonds is 0. The van der Waals surface area contributed by atoms with Gasteiger partial charge in [-0.15, -0.1) is 0 Å². The average molecular weight is 198 g/mol. The number of hydrogen-bond acceptors (Lipinski definition) is 3. The number of nitrogens with one attached hydrogen (secondary N) is 1. The number of carbonyl (C=O) groups excluding carboxylic acids is 1. The maximum atomic E-state index is 11.6. The summed E-state index contributed by atoms with van der Waals surface area (Å²) in [5.41, 5.74) is 2.54. The molecule has 1 amide bonds. The molecule has 1 N–H and O–H groups in total. The topological polar surface area (TPSA) is 41.6 Å². The fourth-order valence-corrected chi connectivity index (χ4v) is 1.12. The quantitative estimate of drug-likeness (QED) is 0.602. The molecule has 0 aromatic carbocycles. The van der Waals surface area contributed by atoms with Crippen molar-refractivity contribution >= 4 is 6.09 Å². The van der Waals surface area contributed by atoms with E-state index >= 15 is 0 Å². The van der Waals surface area contributed by atoms with Crippen molar-refractivity contribution < 1.29 is 9.53 Å². The summed E-state index contributed by atoms with van der Waals surface area (Å²) in [4.78, 5) is 11.6. The van der Waals surface area contributed by atoms with Crippen LogP contribution in [0.25, 0.3) is 0 Å². The van der Waals surface area contributed by atoms with Crippen molar-refractivity contribution in [2.75, 3.05) is 13.1 Å². The molecule has 1 rings (SSSR count). The van der Waals surface area contributed by atoms with Gasteiger partial charge in [-0.25, -0.2) is 15.2 Å². The lowest BCUT2D eigenvalue weighted by atomic mass is 10.2. The maximum absolute atomic E-state index is 11.6. The molecule has 0 radical (unpaired) electrons. The van der Waals surface area contributed by atoms with E-state index < -0.39 is 5.60 Å². The van der Waals surface area contributed by atoms with Crippen LogP contribution in [0.2, 0.25) is 0 Å². The SMILES string of the molecule is CC(C)(C)OC(=O)N1CCC=CCN1. The minimum atomic E-state index is -0.432. The third-order valence-corrected chi connectivity index (χ3v) is 1.70. The normalized spacial score (nSPS) is 17.8. The van der Waals surface area contributed by atoms with Crippen molar-refractivity contribution in [2.45, 2.75) is 32.8 Å². The molecule has 0 aromatic heterocycles. The number of carbonyl (C=O) groups is 1. The Balaban J connectivity index is 2.44. The van der Waals surface area contributed by atoms with E-state index in [1.807, 2.05) is 26.8 Å². The third kappa shape index (κ3) is 3.79. The van der Waals surface area contributed by atoms with E-state index in [2.05, 4.69) is 11.5 Å². The molecule has 4 nitrogen and oxygen atoms in total. The molecule has 1 aliphatic heterocycles. The first kappa shape index (κ1) is 11.0. The van der Waals surface area contributed by atoms with E-state index in [4.69, 9.17) is 4.74 Å². The lowest BCUT2D eigenvalue weighted by Gasteiger charge is -2.26. The van der Waals surface area contributed by atoms with Crippen molar-refractivity contribution in [1.82, 2.24) is 10.4 Å². The fraction of sp³-hybridized carbons (Fsp3) is 0.700. The van der Waals surface area contributed by atoms with Gasteiger partial charge in [0.15, 0.2) is 0 Å². The highest BCUT2D eigenvalue weighted by molar-refractivity contribution is 5.67. The van der Waals surface area contributed by atoms with Crippen LogP contribution in [0.15, 0.2) is 12.2 Å². The summed E-state index contributed by atoms with van der Waals surface area (Å²) < 4.78 is 5.23. The van der Waals surface area contributed by atoms with Crippen molar-refractivity contribution in [3.05, 3.63) is 12.2 Å². The Hall–Kier alpha value is -1.03. The van der Waals surface area contributed by atoms with Crippen molar-refractivity contribution in [1.29, 1.82) is 0 Å². The minimum Gasteiger partial charge on any atom is -0.443 e. The molecule has 0 fully saturated rings. The summed E-state index contributed by atoms with van der Waals surface area (Å²) in [5, 5.41) is 1.52. The molecule has 0 atom stereocenters. The van der Waals surface area contributed by atoms with E-state index in [-0.39, 0.29) is 6.09 Å². The Morgan fingerprint density at radius 3 is 2.79 bits per heavy atom. The van der Waals surface area contributed by atoms with Gasteiger partial charge in [-0.3, -0.25) is 0 Å². The van der Waals surface area contributed by atoms with Crippen LogP contribution in [0, 0.1) is 0 Å². The van der Waals surface area contributed by atoms with E-state index in [1.54, 1.807) is 0 Å². The van der Waals surface area contributed by atoms with Gasteiger partial charge in [0.2, 0.25) is 0 Å². The van der Waals surface area contributed by atoms with Gasteiger partial charge in [0.1, 0.15) is 5.60 Å². The largest absolute Gasteiger partial charge is 0.443 e. The Kier molecular flexibility index (Phi) is 3.52. The maximum Gasteiger partial charge on any atom is 0.424 e. The first-order chi connectivity index (χ1) is 6.49. The number of hydrazine groups is 1. The first-order valence-corrected chi connectivity index (χ1v) is 4.88. The van der Waals surface area contributed by atoms with Gasteiger partial charge in [-0.2, -0.15) is 0 Å². The second-order valence-corrected chi connectivity index (χ2v) is 4.25. The first-order valence-electron chi connectivity index (χ1n) is 4.88. The van der Waals surface area contributed by atoms with Crippen LogP contribution in [0.5, 0.6) is 0 Å². The summed E-state index contributed by atoms with van der Waals surface area (Å²) in [6, 6.07) is 0. The predicted octanol–water partition coefficient (Wildman–Crippen LogP) is 1.69. The van der Waals surface area contributed by atoms with Crippen LogP contribution in [0.4, 0.5) is 4.79 Å². The van der Waals surface area contributed by atoms with Gasteiger partial charge < -0.3 is 4.74 Å². The average Bonchev–Trinajstić information content (AvgIpc) is 2.27. The van der Waals surface area contributed by atoms with Crippen LogP contribution in [0.3, 0.4) is 0 Å². The minimum absolute atomic E-state index is 0.304. The van der Waals surface area contributed by atoms with Crippen LogP contribution in [0.1, 0.15) is 27.2 Å². The molecule has 0 spiro atoms. The molecule has 4 heteroatoms. The molecule has 0 unspecified atom stereocenters. The summed E-state index contributed by atoms with van der Waals surface area (Å²) in [7, 11) is 0. The number of amides is 1. The van der Waals surface area contributed by atoms with Crippen LogP contribution < -0.4 is 5.43 Å². The Morgan fingerprint density at radius 1 is 1.43 bits per heavy atom. The Morgan fingerprint density at radius 2 is 2.14 bits per heavy atom. The van der Waals surface area contributed by atoms with E-state index in [9.17, 15) is 4.79 Å². The van der Waals surface area contributed by atoms with Gasteiger partial charge >= 0.3 is 6.09 Å². The predicted molar refractivity (Wildman–Crippen MR) is 54.7 cm³/mol. The van der Waals surface area contributed by atoms with E-state index in [0.29, 0.717) is 13.1 Å². The molecule has 0 saturated heterocycles. The number of hydrogen-bond donors (Lipinski definition) is 1. The summed E-state index contributed by atoms with van der Waals surface area (Å²) in [6.45, 7) is 6.92. The Labute approximate surface area is 84.9 Å². The standard InChI is InChI=1S/C10H18N2O2/c1-10(2,3)14-9(13)12-8-6-4-5-7-11-12/h4-5,11H,6-8H2,1-3H3. The van der Waals surface area contributed by atoms with Gasteiger partial charge in [0.05, 0.1) is 0 Å².